The van der Waals surface area contributed by atoms with Crippen molar-refractivity contribution >= 4 is 16.7 Å². The molecule has 3 heteroatoms. The summed E-state index contributed by atoms with van der Waals surface area (Å²) in [4.78, 5) is 7.85. The number of nitrogens with zero attached hydrogens (tertiary/aromatic N) is 1. The Morgan fingerprint density at radius 2 is 2.36 bits per heavy atom. The first-order chi connectivity index (χ1) is 6.86. The van der Waals surface area contributed by atoms with E-state index in [2.05, 4.69) is 34.3 Å². The molecule has 1 aromatic heterocycles. The van der Waals surface area contributed by atoms with E-state index in [0.29, 0.717) is 0 Å². The molecule has 1 aromatic carbocycles. The van der Waals surface area contributed by atoms with E-state index in [1.54, 1.807) is 0 Å². The lowest BCUT2D eigenvalue weighted by Gasteiger charge is -1.97. The standard InChI is InChI=1S/C11H13N3/c1-2-11-13-9-5-7-3-4-12-8(7)6-10(9)14-11/h5-6,12H,2-4H2,1H3,(H,13,14). The van der Waals surface area contributed by atoms with Crippen LogP contribution >= 0.6 is 0 Å². The summed E-state index contributed by atoms with van der Waals surface area (Å²) in [7, 11) is 0. The normalized spacial score (nSPS) is 14.4. The Bertz CT molecular complexity index is 443. The van der Waals surface area contributed by atoms with Gasteiger partial charge in [0, 0.05) is 18.7 Å². The fourth-order valence-electron chi connectivity index (χ4n) is 2.03. The number of hydrogen-bond acceptors (Lipinski definition) is 2. The average Bonchev–Trinajstić information content (AvgIpc) is 2.77. The van der Waals surface area contributed by atoms with Crippen LogP contribution in [0.2, 0.25) is 0 Å². The van der Waals surface area contributed by atoms with Crippen molar-refractivity contribution in [2.24, 2.45) is 0 Å². The number of imidazole rings is 1. The zero-order chi connectivity index (χ0) is 9.54. The van der Waals surface area contributed by atoms with Crippen LogP contribution in [0.25, 0.3) is 11.0 Å². The van der Waals surface area contributed by atoms with Crippen molar-refractivity contribution in [3.63, 3.8) is 0 Å². The Hall–Kier alpha value is -1.51. The van der Waals surface area contributed by atoms with Crippen molar-refractivity contribution in [1.82, 2.24) is 9.97 Å². The van der Waals surface area contributed by atoms with Crippen molar-refractivity contribution in [3.8, 4) is 0 Å². The number of aromatic nitrogens is 2. The molecule has 14 heavy (non-hydrogen) atoms. The highest BCUT2D eigenvalue weighted by Gasteiger charge is 2.12. The first-order valence-corrected chi connectivity index (χ1v) is 5.12. The molecule has 3 nitrogen and oxygen atoms in total. The van der Waals surface area contributed by atoms with Gasteiger partial charge in [0.15, 0.2) is 0 Å². The summed E-state index contributed by atoms with van der Waals surface area (Å²) in [5.41, 5.74) is 4.91. The largest absolute Gasteiger partial charge is 0.384 e. The molecule has 0 atom stereocenters. The van der Waals surface area contributed by atoms with Gasteiger partial charge in [-0.15, -0.1) is 0 Å². The minimum atomic E-state index is 0.965. The number of benzene rings is 1. The first-order valence-electron chi connectivity index (χ1n) is 5.12. The second kappa shape index (κ2) is 2.74. The van der Waals surface area contributed by atoms with E-state index in [9.17, 15) is 0 Å². The fourth-order valence-corrected chi connectivity index (χ4v) is 2.03. The number of anilines is 1. The van der Waals surface area contributed by atoms with Gasteiger partial charge in [-0.25, -0.2) is 4.98 Å². The van der Waals surface area contributed by atoms with Gasteiger partial charge < -0.3 is 10.3 Å². The summed E-state index contributed by atoms with van der Waals surface area (Å²) >= 11 is 0. The number of H-pyrrole nitrogens is 1. The number of aromatic amines is 1. The lowest BCUT2D eigenvalue weighted by molar-refractivity contribution is 1.000. The Morgan fingerprint density at radius 1 is 1.43 bits per heavy atom. The summed E-state index contributed by atoms with van der Waals surface area (Å²) in [6, 6.07) is 4.37. The molecule has 2 aromatic rings. The van der Waals surface area contributed by atoms with Crippen molar-refractivity contribution in [3.05, 3.63) is 23.5 Å². The third-order valence-corrected chi connectivity index (χ3v) is 2.80. The highest BCUT2D eigenvalue weighted by Crippen LogP contribution is 2.26. The van der Waals surface area contributed by atoms with Crippen LogP contribution in [0.1, 0.15) is 18.3 Å². The molecule has 2 heterocycles. The van der Waals surface area contributed by atoms with E-state index in [1.807, 2.05) is 0 Å². The molecule has 0 fully saturated rings. The topological polar surface area (TPSA) is 40.7 Å². The zero-order valence-corrected chi connectivity index (χ0v) is 8.22. The van der Waals surface area contributed by atoms with E-state index in [1.165, 1.54) is 16.8 Å². The van der Waals surface area contributed by atoms with Gasteiger partial charge in [0.2, 0.25) is 0 Å². The monoisotopic (exact) mass is 187 g/mol. The molecule has 1 aliphatic heterocycles. The summed E-state index contributed by atoms with van der Waals surface area (Å²) in [5.74, 6) is 1.07. The maximum absolute atomic E-state index is 4.51. The third-order valence-electron chi connectivity index (χ3n) is 2.80. The van der Waals surface area contributed by atoms with Gasteiger partial charge in [-0.05, 0) is 24.1 Å². The molecular weight excluding hydrogens is 174 g/mol. The van der Waals surface area contributed by atoms with Gasteiger partial charge in [-0.1, -0.05) is 6.92 Å². The number of hydrogen-bond donors (Lipinski definition) is 2. The minimum absolute atomic E-state index is 0.965. The van der Waals surface area contributed by atoms with Crippen molar-refractivity contribution in [1.29, 1.82) is 0 Å². The van der Waals surface area contributed by atoms with Crippen LogP contribution in [0.5, 0.6) is 0 Å². The number of rotatable bonds is 1. The van der Waals surface area contributed by atoms with Crippen molar-refractivity contribution < 1.29 is 0 Å². The van der Waals surface area contributed by atoms with Crippen LogP contribution in [0.3, 0.4) is 0 Å². The molecule has 0 unspecified atom stereocenters. The Kier molecular flexibility index (Phi) is 1.54. The third kappa shape index (κ3) is 1.02. The van der Waals surface area contributed by atoms with Crippen LogP contribution in [-0.4, -0.2) is 16.5 Å². The summed E-state index contributed by atoms with van der Waals surface area (Å²) in [5, 5.41) is 3.37. The predicted molar refractivity (Wildman–Crippen MR) is 57.7 cm³/mol. The summed E-state index contributed by atoms with van der Waals surface area (Å²) in [6.07, 6.45) is 2.10. The second-order valence-corrected chi connectivity index (χ2v) is 3.74. The molecular formula is C11H13N3. The van der Waals surface area contributed by atoms with Gasteiger partial charge in [-0.3, -0.25) is 0 Å². The van der Waals surface area contributed by atoms with Gasteiger partial charge in [0.1, 0.15) is 5.82 Å². The van der Waals surface area contributed by atoms with E-state index < -0.39 is 0 Å². The minimum Gasteiger partial charge on any atom is -0.384 e. The Labute approximate surface area is 82.5 Å². The molecule has 0 spiro atoms. The van der Waals surface area contributed by atoms with Gasteiger partial charge in [-0.2, -0.15) is 0 Å². The molecule has 0 saturated heterocycles. The second-order valence-electron chi connectivity index (χ2n) is 3.74. The summed E-state index contributed by atoms with van der Waals surface area (Å²) < 4.78 is 0. The van der Waals surface area contributed by atoms with Crippen molar-refractivity contribution in [2.45, 2.75) is 19.8 Å². The van der Waals surface area contributed by atoms with E-state index in [0.717, 1.165) is 30.7 Å². The van der Waals surface area contributed by atoms with E-state index in [-0.39, 0.29) is 0 Å². The number of nitrogens with one attached hydrogen (secondary N) is 2. The van der Waals surface area contributed by atoms with Crippen LogP contribution in [0.4, 0.5) is 5.69 Å². The number of fused-ring (bicyclic) bond motifs is 2. The average molecular weight is 187 g/mol. The zero-order valence-electron chi connectivity index (χ0n) is 8.22. The molecule has 2 N–H and O–H groups in total. The van der Waals surface area contributed by atoms with Crippen LogP contribution in [0.15, 0.2) is 12.1 Å². The molecule has 0 amide bonds. The molecule has 0 saturated carbocycles. The SMILES string of the molecule is CCc1nc2cc3c(cc2[nH]1)CCN3. The fraction of sp³-hybridized carbons (Fsp3) is 0.364. The Morgan fingerprint density at radius 3 is 3.21 bits per heavy atom. The molecule has 72 valence electrons. The van der Waals surface area contributed by atoms with Crippen LogP contribution in [0, 0.1) is 0 Å². The maximum Gasteiger partial charge on any atom is 0.106 e. The van der Waals surface area contributed by atoms with Crippen molar-refractivity contribution in [2.75, 3.05) is 11.9 Å². The quantitative estimate of drug-likeness (QED) is 0.717. The van der Waals surface area contributed by atoms with Gasteiger partial charge in [0.05, 0.1) is 11.0 Å². The number of aryl methyl sites for hydroxylation is 1. The molecule has 0 radical (unpaired) electrons. The lowest BCUT2D eigenvalue weighted by atomic mass is 10.1. The van der Waals surface area contributed by atoms with Gasteiger partial charge >= 0.3 is 0 Å². The molecule has 3 rings (SSSR count). The van der Waals surface area contributed by atoms with E-state index in [4.69, 9.17) is 0 Å². The maximum atomic E-state index is 4.51. The van der Waals surface area contributed by atoms with Crippen LogP contribution < -0.4 is 5.32 Å². The summed E-state index contributed by atoms with van der Waals surface area (Å²) in [6.45, 7) is 3.17. The highest BCUT2D eigenvalue weighted by molar-refractivity contribution is 5.82. The molecule has 1 aliphatic rings. The van der Waals surface area contributed by atoms with E-state index >= 15 is 0 Å². The Balaban J connectivity index is 2.25. The first kappa shape index (κ1) is 7.85. The molecule has 0 aliphatic carbocycles. The van der Waals surface area contributed by atoms with Crippen LogP contribution in [-0.2, 0) is 12.8 Å². The smallest absolute Gasteiger partial charge is 0.106 e. The lowest BCUT2D eigenvalue weighted by Crippen LogP contribution is -1.90. The van der Waals surface area contributed by atoms with Gasteiger partial charge in [0.25, 0.3) is 0 Å². The predicted octanol–water partition coefficient (Wildman–Crippen LogP) is 2.09. The highest BCUT2D eigenvalue weighted by atomic mass is 14.9. The molecule has 0 bridgehead atoms.